The van der Waals surface area contributed by atoms with E-state index in [2.05, 4.69) is 0 Å². The van der Waals surface area contributed by atoms with Crippen LogP contribution in [-0.2, 0) is 4.79 Å². The zero-order valence-corrected chi connectivity index (χ0v) is 13.5. The van der Waals surface area contributed by atoms with Crippen molar-refractivity contribution in [1.29, 1.82) is 0 Å². The molecule has 0 bridgehead atoms. The third kappa shape index (κ3) is 5.59. The highest BCUT2D eigenvalue weighted by molar-refractivity contribution is 6.04. The standard InChI is InChI=1S/C18H20N2O5/c19-20(18(24)13-6-8-14(21)9-7-13)17(23)12-15(22)10-11-25-16-4-2-1-3-5-16/h1-9,15,21-22H,10-12,19H2. The summed E-state index contributed by atoms with van der Waals surface area (Å²) in [4.78, 5) is 24.1. The SMILES string of the molecule is NN(C(=O)CC(O)CCOc1ccccc1)C(=O)c1ccc(O)cc1. The van der Waals surface area contributed by atoms with Gasteiger partial charge < -0.3 is 14.9 Å². The molecule has 2 aromatic rings. The number of hydrogen-bond acceptors (Lipinski definition) is 6. The predicted molar refractivity (Wildman–Crippen MR) is 90.6 cm³/mol. The number of hydrazine groups is 1. The number of carbonyl (C=O) groups excluding carboxylic acids is 2. The molecule has 25 heavy (non-hydrogen) atoms. The summed E-state index contributed by atoms with van der Waals surface area (Å²) in [6.07, 6.45) is -1.05. The largest absolute Gasteiger partial charge is 0.508 e. The Morgan fingerprint density at radius 3 is 2.36 bits per heavy atom. The van der Waals surface area contributed by atoms with Crippen LogP contribution >= 0.6 is 0 Å². The Morgan fingerprint density at radius 1 is 1.08 bits per heavy atom. The first-order chi connectivity index (χ1) is 12.0. The van der Waals surface area contributed by atoms with Crippen LogP contribution in [-0.4, -0.2) is 39.7 Å². The third-order valence-electron chi connectivity index (χ3n) is 3.48. The minimum Gasteiger partial charge on any atom is -0.508 e. The molecule has 4 N–H and O–H groups in total. The van der Waals surface area contributed by atoms with Gasteiger partial charge in [0, 0.05) is 12.0 Å². The molecule has 0 saturated heterocycles. The number of aliphatic hydroxyl groups excluding tert-OH is 1. The van der Waals surface area contributed by atoms with Crippen LogP contribution in [0.15, 0.2) is 54.6 Å². The van der Waals surface area contributed by atoms with Crippen molar-refractivity contribution in [1.82, 2.24) is 5.01 Å². The highest BCUT2D eigenvalue weighted by Crippen LogP contribution is 2.12. The number of amides is 2. The normalized spacial score (nSPS) is 11.6. The van der Waals surface area contributed by atoms with Crippen LogP contribution in [0.3, 0.4) is 0 Å². The van der Waals surface area contributed by atoms with Crippen molar-refractivity contribution in [2.45, 2.75) is 18.9 Å². The lowest BCUT2D eigenvalue weighted by Gasteiger charge is -2.17. The molecule has 0 spiro atoms. The van der Waals surface area contributed by atoms with Gasteiger partial charge in [0.15, 0.2) is 0 Å². The number of phenolic OH excluding ortho intramolecular Hbond substituents is 1. The molecule has 2 aromatic carbocycles. The summed E-state index contributed by atoms with van der Waals surface area (Å²) >= 11 is 0. The molecule has 0 radical (unpaired) electrons. The maximum atomic E-state index is 12.1. The van der Waals surface area contributed by atoms with Crippen LogP contribution < -0.4 is 10.6 Å². The number of hydrogen-bond donors (Lipinski definition) is 3. The second-order valence-electron chi connectivity index (χ2n) is 5.42. The average Bonchev–Trinajstić information content (AvgIpc) is 2.62. The zero-order valence-electron chi connectivity index (χ0n) is 13.5. The number of nitrogens with zero attached hydrogens (tertiary/aromatic N) is 1. The molecule has 7 nitrogen and oxygen atoms in total. The van der Waals surface area contributed by atoms with Crippen LogP contribution in [0.2, 0.25) is 0 Å². The lowest BCUT2D eigenvalue weighted by molar-refractivity contribution is -0.131. The minimum absolute atomic E-state index is 0.000265. The molecule has 0 aliphatic heterocycles. The molecule has 0 saturated carbocycles. The summed E-state index contributed by atoms with van der Waals surface area (Å²) in [7, 11) is 0. The summed E-state index contributed by atoms with van der Waals surface area (Å²) in [5.74, 6) is 4.78. The number of ether oxygens (including phenoxy) is 1. The summed E-state index contributed by atoms with van der Waals surface area (Å²) in [6.45, 7) is 0.231. The second-order valence-corrected chi connectivity index (χ2v) is 5.42. The van der Waals surface area contributed by atoms with Gasteiger partial charge in [-0.25, -0.2) is 10.9 Å². The average molecular weight is 344 g/mol. The number of nitrogens with two attached hydrogens (primary N) is 1. The monoisotopic (exact) mass is 344 g/mol. The number of aromatic hydroxyl groups is 1. The van der Waals surface area contributed by atoms with E-state index in [0.29, 0.717) is 10.8 Å². The first-order valence-electron chi connectivity index (χ1n) is 7.74. The van der Waals surface area contributed by atoms with Crippen molar-refractivity contribution in [3.8, 4) is 11.5 Å². The van der Waals surface area contributed by atoms with Gasteiger partial charge in [-0.3, -0.25) is 9.59 Å². The van der Waals surface area contributed by atoms with E-state index in [1.165, 1.54) is 24.3 Å². The van der Waals surface area contributed by atoms with Crippen LogP contribution in [0.1, 0.15) is 23.2 Å². The molecule has 0 fully saturated rings. The molecule has 7 heteroatoms. The molecule has 1 unspecified atom stereocenters. The summed E-state index contributed by atoms with van der Waals surface area (Å²) < 4.78 is 5.44. The van der Waals surface area contributed by atoms with Crippen LogP contribution in [0.4, 0.5) is 0 Å². The zero-order chi connectivity index (χ0) is 18.2. The first-order valence-corrected chi connectivity index (χ1v) is 7.74. The van der Waals surface area contributed by atoms with Crippen LogP contribution in [0, 0.1) is 0 Å². The molecule has 1 atom stereocenters. The van der Waals surface area contributed by atoms with Crippen LogP contribution in [0.5, 0.6) is 11.5 Å². The highest BCUT2D eigenvalue weighted by atomic mass is 16.5. The molecule has 0 aromatic heterocycles. The number of benzene rings is 2. The van der Waals surface area contributed by atoms with Crippen molar-refractivity contribution >= 4 is 11.8 Å². The highest BCUT2D eigenvalue weighted by Gasteiger charge is 2.22. The summed E-state index contributed by atoms with van der Waals surface area (Å²) in [5.41, 5.74) is 0.163. The fourth-order valence-electron chi connectivity index (χ4n) is 2.09. The van der Waals surface area contributed by atoms with E-state index in [9.17, 15) is 19.8 Å². The van der Waals surface area contributed by atoms with Gasteiger partial charge in [-0.05, 0) is 36.4 Å². The molecule has 2 amide bonds. The van der Waals surface area contributed by atoms with Gasteiger partial charge in [0.1, 0.15) is 11.5 Å². The first kappa shape index (κ1) is 18.4. The maximum Gasteiger partial charge on any atom is 0.274 e. The Bertz CT molecular complexity index is 703. The van der Waals surface area contributed by atoms with Crippen LogP contribution in [0.25, 0.3) is 0 Å². The smallest absolute Gasteiger partial charge is 0.274 e. The van der Waals surface area contributed by atoms with Gasteiger partial charge in [-0.1, -0.05) is 18.2 Å². The van der Waals surface area contributed by atoms with Gasteiger partial charge in [0.2, 0.25) is 5.91 Å². The van der Waals surface area contributed by atoms with E-state index in [0.717, 1.165) is 0 Å². The topological polar surface area (TPSA) is 113 Å². The molecular weight excluding hydrogens is 324 g/mol. The molecule has 2 rings (SSSR count). The number of rotatable bonds is 7. The van der Waals surface area contributed by atoms with E-state index < -0.39 is 17.9 Å². The maximum absolute atomic E-state index is 12.1. The Balaban J connectivity index is 1.79. The summed E-state index contributed by atoms with van der Waals surface area (Å²) in [6, 6.07) is 14.5. The Morgan fingerprint density at radius 2 is 1.72 bits per heavy atom. The van der Waals surface area contributed by atoms with E-state index in [-0.39, 0.29) is 30.8 Å². The van der Waals surface area contributed by atoms with Gasteiger partial charge in [0.25, 0.3) is 5.91 Å². The molecule has 0 aliphatic rings. The molecular formula is C18H20N2O5. The Hall–Kier alpha value is -2.90. The van der Waals surface area contributed by atoms with Crippen molar-refractivity contribution in [3.05, 3.63) is 60.2 Å². The lowest BCUT2D eigenvalue weighted by Crippen LogP contribution is -2.43. The predicted octanol–water partition coefficient (Wildman–Crippen LogP) is 1.45. The number of imide groups is 1. The van der Waals surface area contributed by atoms with E-state index in [4.69, 9.17) is 10.6 Å². The fraction of sp³-hybridized carbons (Fsp3) is 0.222. The van der Waals surface area contributed by atoms with Crippen molar-refractivity contribution in [3.63, 3.8) is 0 Å². The van der Waals surface area contributed by atoms with Gasteiger partial charge in [-0.2, -0.15) is 0 Å². The molecule has 0 aliphatic carbocycles. The van der Waals surface area contributed by atoms with E-state index in [1.54, 1.807) is 12.1 Å². The molecule has 0 heterocycles. The number of aliphatic hydroxyl groups is 1. The summed E-state index contributed by atoms with van der Waals surface area (Å²) in [5, 5.41) is 19.6. The van der Waals surface area contributed by atoms with Crippen molar-refractivity contribution in [2.24, 2.45) is 5.84 Å². The van der Waals surface area contributed by atoms with Gasteiger partial charge >= 0.3 is 0 Å². The fourth-order valence-corrected chi connectivity index (χ4v) is 2.09. The Kier molecular flexibility index (Phi) is 6.50. The number of carbonyl (C=O) groups is 2. The Labute approximate surface area is 145 Å². The third-order valence-corrected chi connectivity index (χ3v) is 3.48. The van der Waals surface area contributed by atoms with Crippen molar-refractivity contribution in [2.75, 3.05) is 6.61 Å². The van der Waals surface area contributed by atoms with Gasteiger partial charge in [-0.15, -0.1) is 0 Å². The van der Waals surface area contributed by atoms with Crippen molar-refractivity contribution < 1.29 is 24.5 Å². The minimum atomic E-state index is -0.977. The van der Waals surface area contributed by atoms with E-state index in [1.807, 2.05) is 18.2 Å². The number of phenols is 1. The second kappa shape index (κ2) is 8.81. The van der Waals surface area contributed by atoms with Gasteiger partial charge in [0.05, 0.1) is 19.1 Å². The van der Waals surface area contributed by atoms with E-state index >= 15 is 0 Å². The molecule has 132 valence electrons. The number of para-hydroxylation sites is 1. The lowest BCUT2D eigenvalue weighted by atomic mass is 10.1. The quantitative estimate of drug-likeness (QED) is 0.398.